The number of ketones is 2. The van der Waals surface area contributed by atoms with Gasteiger partial charge in [0.05, 0.1) is 22.0 Å². The molecule has 204 valence electrons. The van der Waals surface area contributed by atoms with Gasteiger partial charge in [0.25, 0.3) is 0 Å². The zero-order valence-corrected chi connectivity index (χ0v) is 23.9. The van der Waals surface area contributed by atoms with E-state index in [0.29, 0.717) is 37.0 Å². The van der Waals surface area contributed by atoms with Gasteiger partial charge in [0.1, 0.15) is 17.5 Å². The maximum absolute atomic E-state index is 14.9. The number of Topliss-reactive ketones (excluding diaryl/α,β-unsaturated/α-hetero) is 2. The van der Waals surface area contributed by atoms with Crippen LogP contribution in [0.4, 0.5) is 0 Å². The Morgan fingerprint density at radius 1 is 1.08 bits per heavy atom. The summed E-state index contributed by atoms with van der Waals surface area (Å²) in [6.07, 6.45) is 5.94. The van der Waals surface area contributed by atoms with Crippen LogP contribution in [0.15, 0.2) is 65.0 Å². The van der Waals surface area contributed by atoms with Crippen molar-refractivity contribution in [2.45, 2.75) is 97.9 Å². The van der Waals surface area contributed by atoms with Gasteiger partial charge in [0, 0.05) is 17.4 Å². The van der Waals surface area contributed by atoms with Crippen molar-refractivity contribution in [1.29, 1.82) is 0 Å². The van der Waals surface area contributed by atoms with Gasteiger partial charge in [0.15, 0.2) is 11.6 Å². The summed E-state index contributed by atoms with van der Waals surface area (Å²) >= 11 is 0. The summed E-state index contributed by atoms with van der Waals surface area (Å²) in [6.45, 7) is 13.6. The van der Waals surface area contributed by atoms with Crippen molar-refractivity contribution in [3.8, 4) is 0 Å². The molecule has 38 heavy (non-hydrogen) atoms. The predicted molar refractivity (Wildman–Crippen MR) is 147 cm³/mol. The molecule has 1 aromatic carbocycles. The van der Waals surface area contributed by atoms with E-state index in [9.17, 15) is 19.8 Å². The van der Waals surface area contributed by atoms with E-state index in [-0.39, 0.29) is 23.1 Å². The standard InChI is InChI=1S/C33H42O5/c1-20(2)13-14-23-17-32(16-15-21(3)4)28(35)31-18-24(29(5,6)36)38-27(31)25(33(32,37)30(23,7)19-31)26(34)22-11-9-8-10-12-22/h8-13,15,23-24,36-37H,14,16-19H2,1-7H3/t23-,24-,30+,31+,32+,33-/m1/s1. The van der Waals surface area contributed by atoms with E-state index in [1.807, 2.05) is 38.1 Å². The third kappa shape index (κ3) is 3.37. The lowest BCUT2D eigenvalue weighted by atomic mass is 9.40. The number of rotatable bonds is 7. The van der Waals surface area contributed by atoms with E-state index in [4.69, 9.17) is 4.74 Å². The number of ether oxygens (including phenoxy) is 1. The van der Waals surface area contributed by atoms with E-state index in [1.165, 1.54) is 5.57 Å². The first-order valence-corrected chi connectivity index (χ1v) is 13.9. The minimum atomic E-state index is -1.69. The SMILES string of the molecule is CC(C)=CC[C@@H]1C[C@@]2(CC=C(C)C)C(=O)[C@]34C[C@H](C(C)(C)O)OC3=C(C(=O)c3ccccc3)[C@@]2(O)[C@@]1(C)C4. The summed E-state index contributed by atoms with van der Waals surface area (Å²) in [7, 11) is 0. The van der Waals surface area contributed by atoms with Crippen LogP contribution in [0.1, 0.15) is 90.9 Å². The van der Waals surface area contributed by atoms with Crippen LogP contribution in [0.5, 0.6) is 0 Å². The minimum absolute atomic E-state index is 0.0117. The molecule has 5 nitrogen and oxygen atoms in total. The Hall–Kier alpha value is -2.50. The molecule has 5 aliphatic rings. The normalized spacial score (nSPS) is 37.1. The van der Waals surface area contributed by atoms with Gasteiger partial charge in [-0.2, -0.15) is 0 Å². The molecule has 6 rings (SSSR count). The van der Waals surface area contributed by atoms with Gasteiger partial charge in [-0.25, -0.2) is 0 Å². The fourth-order valence-electron chi connectivity index (χ4n) is 8.19. The molecule has 0 aromatic heterocycles. The number of hydrogen-bond acceptors (Lipinski definition) is 5. The number of carbonyl (C=O) groups is 2. The molecule has 1 saturated heterocycles. The topological polar surface area (TPSA) is 83.8 Å². The van der Waals surface area contributed by atoms with Crippen molar-refractivity contribution in [3.05, 3.63) is 70.5 Å². The summed E-state index contributed by atoms with van der Waals surface area (Å²) in [5, 5.41) is 24.2. The van der Waals surface area contributed by atoms with E-state index in [1.54, 1.807) is 26.0 Å². The molecule has 1 heterocycles. The quantitative estimate of drug-likeness (QED) is 0.336. The van der Waals surface area contributed by atoms with Gasteiger partial charge in [0.2, 0.25) is 0 Å². The molecule has 2 N–H and O–H groups in total. The van der Waals surface area contributed by atoms with Crippen LogP contribution >= 0.6 is 0 Å². The molecular weight excluding hydrogens is 476 g/mol. The highest BCUT2D eigenvalue weighted by Gasteiger charge is 2.85. The summed E-state index contributed by atoms with van der Waals surface area (Å²) in [4.78, 5) is 29.3. The predicted octanol–water partition coefficient (Wildman–Crippen LogP) is 6.11. The van der Waals surface area contributed by atoms with Crippen molar-refractivity contribution in [2.75, 3.05) is 0 Å². The highest BCUT2D eigenvalue weighted by molar-refractivity contribution is 6.15. The summed E-state index contributed by atoms with van der Waals surface area (Å²) in [5.41, 5.74) is -2.84. The molecule has 4 aliphatic carbocycles. The third-order valence-corrected chi connectivity index (χ3v) is 10.1. The molecule has 0 amide bonds. The second kappa shape index (κ2) is 8.50. The maximum Gasteiger partial charge on any atom is 0.195 e. The van der Waals surface area contributed by atoms with Crippen LogP contribution < -0.4 is 0 Å². The van der Waals surface area contributed by atoms with Gasteiger partial charge >= 0.3 is 0 Å². The summed E-state index contributed by atoms with van der Waals surface area (Å²) in [5.74, 6) is 0.0111. The number of benzene rings is 1. The first-order valence-electron chi connectivity index (χ1n) is 13.9. The summed E-state index contributed by atoms with van der Waals surface area (Å²) in [6, 6.07) is 8.99. The van der Waals surface area contributed by atoms with Crippen LogP contribution in [0.2, 0.25) is 0 Å². The molecule has 1 aromatic rings. The fraction of sp³-hybridized carbons (Fsp3) is 0.576. The molecule has 0 radical (unpaired) electrons. The highest BCUT2D eigenvalue weighted by atomic mass is 16.5. The molecule has 0 unspecified atom stereocenters. The van der Waals surface area contributed by atoms with Crippen LogP contribution in [-0.4, -0.2) is 39.1 Å². The minimum Gasteiger partial charge on any atom is -0.490 e. The number of hydrogen-bond donors (Lipinski definition) is 2. The largest absolute Gasteiger partial charge is 0.490 e. The smallest absolute Gasteiger partial charge is 0.195 e. The van der Waals surface area contributed by atoms with E-state index >= 15 is 0 Å². The number of allylic oxidation sites excluding steroid dienone is 5. The monoisotopic (exact) mass is 518 g/mol. The van der Waals surface area contributed by atoms with Crippen LogP contribution in [0.25, 0.3) is 0 Å². The molecule has 4 bridgehead atoms. The Morgan fingerprint density at radius 2 is 1.71 bits per heavy atom. The average Bonchev–Trinajstić information content (AvgIpc) is 3.29. The number of aliphatic hydroxyl groups is 2. The van der Waals surface area contributed by atoms with Crippen LogP contribution in [0, 0.1) is 22.2 Å². The second-order valence-corrected chi connectivity index (χ2v) is 13.6. The average molecular weight is 519 g/mol. The maximum atomic E-state index is 14.9. The van der Waals surface area contributed by atoms with Gasteiger partial charge in [-0.05, 0) is 73.1 Å². The first-order chi connectivity index (χ1) is 17.6. The Bertz CT molecular complexity index is 1270. The summed E-state index contributed by atoms with van der Waals surface area (Å²) < 4.78 is 6.42. The molecule has 5 heteroatoms. The Morgan fingerprint density at radius 3 is 2.29 bits per heavy atom. The molecule has 1 aliphatic heterocycles. The lowest BCUT2D eigenvalue weighted by molar-refractivity contribution is -0.188. The third-order valence-electron chi connectivity index (χ3n) is 10.1. The molecule has 6 atom stereocenters. The molecule has 1 spiro atoms. The van der Waals surface area contributed by atoms with Crippen molar-refractivity contribution in [3.63, 3.8) is 0 Å². The van der Waals surface area contributed by atoms with Crippen molar-refractivity contribution < 1.29 is 24.5 Å². The lowest BCUT2D eigenvalue weighted by Gasteiger charge is -2.62. The van der Waals surface area contributed by atoms with Gasteiger partial charge in [-0.1, -0.05) is 60.6 Å². The molecule has 3 fully saturated rings. The van der Waals surface area contributed by atoms with Gasteiger partial charge < -0.3 is 14.9 Å². The van der Waals surface area contributed by atoms with Gasteiger partial charge in [-0.15, -0.1) is 0 Å². The van der Waals surface area contributed by atoms with E-state index in [0.717, 1.165) is 12.0 Å². The van der Waals surface area contributed by atoms with E-state index < -0.39 is 33.6 Å². The van der Waals surface area contributed by atoms with Crippen LogP contribution in [0.3, 0.4) is 0 Å². The number of carbonyl (C=O) groups excluding carboxylic acids is 2. The zero-order valence-electron chi connectivity index (χ0n) is 23.9. The highest BCUT2D eigenvalue weighted by Crippen LogP contribution is 2.80. The zero-order chi connectivity index (χ0) is 27.9. The fourth-order valence-corrected chi connectivity index (χ4v) is 8.19. The van der Waals surface area contributed by atoms with Crippen molar-refractivity contribution >= 4 is 11.6 Å². The second-order valence-electron chi connectivity index (χ2n) is 13.6. The Balaban J connectivity index is 1.83. The Kier molecular flexibility index (Phi) is 6.06. The van der Waals surface area contributed by atoms with E-state index in [2.05, 4.69) is 26.8 Å². The molecule has 2 saturated carbocycles. The van der Waals surface area contributed by atoms with Crippen LogP contribution in [-0.2, 0) is 9.53 Å². The Labute approximate surface area is 226 Å². The van der Waals surface area contributed by atoms with Crippen molar-refractivity contribution in [2.24, 2.45) is 22.2 Å². The lowest BCUT2D eigenvalue weighted by Crippen LogP contribution is -2.71. The van der Waals surface area contributed by atoms with Gasteiger partial charge in [-0.3, -0.25) is 9.59 Å². The van der Waals surface area contributed by atoms with Crippen molar-refractivity contribution in [1.82, 2.24) is 0 Å². The molecular formula is C33H42O5. The first kappa shape index (κ1) is 27.1.